The summed E-state index contributed by atoms with van der Waals surface area (Å²) in [5.74, 6) is -0.199. The first-order valence-electron chi connectivity index (χ1n) is 4.98. The van der Waals surface area contributed by atoms with Crippen LogP contribution in [0.2, 0.25) is 5.02 Å². The summed E-state index contributed by atoms with van der Waals surface area (Å²) in [6.07, 6.45) is 1.70. The third-order valence-corrected chi connectivity index (χ3v) is 3.40. The highest BCUT2D eigenvalue weighted by Crippen LogP contribution is 2.29. The predicted molar refractivity (Wildman–Crippen MR) is 72.6 cm³/mol. The second kappa shape index (κ2) is 4.94. The second-order valence-corrected chi connectivity index (χ2v) is 4.88. The first kappa shape index (κ1) is 12.2. The highest BCUT2D eigenvalue weighted by molar-refractivity contribution is 9.10. The number of carbonyl (C=O) groups is 1. The van der Waals surface area contributed by atoms with Gasteiger partial charge < -0.3 is 10.3 Å². The van der Waals surface area contributed by atoms with Crippen LogP contribution in [0.25, 0.3) is 0 Å². The lowest BCUT2D eigenvalue weighted by Crippen LogP contribution is -2.12. The Morgan fingerprint density at radius 1 is 1.47 bits per heavy atom. The Kier molecular flexibility index (Phi) is 3.54. The number of nitrogens with one attached hydrogen (secondary N) is 2. The van der Waals surface area contributed by atoms with Gasteiger partial charge >= 0.3 is 0 Å². The zero-order valence-electron chi connectivity index (χ0n) is 9.05. The van der Waals surface area contributed by atoms with Crippen LogP contribution >= 0.6 is 27.5 Å². The summed E-state index contributed by atoms with van der Waals surface area (Å²) in [5, 5.41) is 3.40. The van der Waals surface area contributed by atoms with Gasteiger partial charge in [-0.15, -0.1) is 0 Å². The van der Waals surface area contributed by atoms with Crippen molar-refractivity contribution in [1.29, 1.82) is 0 Å². The molecule has 0 spiro atoms. The number of halogens is 2. The molecule has 0 bridgehead atoms. The number of H-pyrrole nitrogens is 1. The van der Waals surface area contributed by atoms with Crippen LogP contribution in [0.3, 0.4) is 0 Å². The first-order valence-corrected chi connectivity index (χ1v) is 6.15. The molecule has 0 aliphatic carbocycles. The number of aromatic nitrogens is 1. The molecular weight excluding hydrogens is 304 g/mol. The lowest BCUT2D eigenvalue weighted by molar-refractivity contribution is 0.102. The lowest BCUT2D eigenvalue weighted by atomic mass is 10.2. The van der Waals surface area contributed by atoms with Crippen LogP contribution in [0.15, 0.2) is 34.9 Å². The summed E-state index contributed by atoms with van der Waals surface area (Å²) in [4.78, 5) is 14.7. The van der Waals surface area contributed by atoms with Crippen molar-refractivity contribution in [2.45, 2.75) is 6.92 Å². The molecule has 2 rings (SSSR count). The number of aromatic amines is 1. The zero-order valence-corrected chi connectivity index (χ0v) is 11.4. The quantitative estimate of drug-likeness (QED) is 0.865. The van der Waals surface area contributed by atoms with E-state index in [1.165, 1.54) is 0 Å². The largest absolute Gasteiger partial charge is 0.357 e. The Morgan fingerprint density at radius 3 is 2.88 bits per heavy atom. The van der Waals surface area contributed by atoms with Gasteiger partial charge in [-0.25, -0.2) is 0 Å². The van der Waals surface area contributed by atoms with E-state index in [9.17, 15) is 4.79 Å². The van der Waals surface area contributed by atoms with Crippen molar-refractivity contribution in [1.82, 2.24) is 4.98 Å². The Morgan fingerprint density at radius 2 is 2.24 bits per heavy atom. The van der Waals surface area contributed by atoms with Crippen molar-refractivity contribution < 1.29 is 4.79 Å². The number of hydrogen-bond acceptors (Lipinski definition) is 1. The highest BCUT2D eigenvalue weighted by Gasteiger charge is 2.10. The van der Waals surface area contributed by atoms with Crippen LogP contribution in [0.5, 0.6) is 0 Å². The summed E-state index contributed by atoms with van der Waals surface area (Å²) < 4.78 is 0.805. The molecule has 0 saturated heterocycles. The third-order valence-electron chi connectivity index (χ3n) is 2.34. The highest BCUT2D eigenvalue weighted by atomic mass is 79.9. The number of amides is 1. The van der Waals surface area contributed by atoms with Gasteiger partial charge in [0.1, 0.15) is 5.69 Å². The van der Waals surface area contributed by atoms with Gasteiger partial charge in [0.15, 0.2) is 0 Å². The smallest absolute Gasteiger partial charge is 0.272 e. The van der Waals surface area contributed by atoms with E-state index >= 15 is 0 Å². The molecule has 5 heteroatoms. The Hall–Kier alpha value is -1.26. The standard InChI is InChI=1S/C12H10BrClN2O/c1-7-5-8(13)11(6-9(7)14)16-12(17)10-3-2-4-15-10/h2-6,15H,1H3,(H,16,17). The van der Waals surface area contributed by atoms with Crippen LogP contribution in [0, 0.1) is 6.92 Å². The van der Waals surface area contributed by atoms with Gasteiger partial charge in [0.25, 0.3) is 5.91 Å². The second-order valence-electron chi connectivity index (χ2n) is 3.62. The van der Waals surface area contributed by atoms with E-state index in [1.54, 1.807) is 24.4 Å². The molecule has 0 aliphatic rings. The number of benzene rings is 1. The van der Waals surface area contributed by atoms with Crippen molar-refractivity contribution >= 4 is 39.1 Å². The minimum absolute atomic E-state index is 0.199. The zero-order chi connectivity index (χ0) is 12.4. The Balaban J connectivity index is 2.25. The number of aryl methyl sites for hydroxylation is 1. The van der Waals surface area contributed by atoms with E-state index in [1.807, 2.05) is 13.0 Å². The lowest BCUT2D eigenvalue weighted by Gasteiger charge is -2.08. The van der Waals surface area contributed by atoms with E-state index in [0.29, 0.717) is 16.4 Å². The van der Waals surface area contributed by atoms with Crippen LogP contribution in [0.1, 0.15) is 16.1 Å². The topological polar surface area (TPSA) is 44.9 Å². The minimum Gasteiger partial charge on any atom is -0.357 e. The van der Waals surface area contributed by atoms with E-state index in [2.05, 4.69) is 26.2 Å². The summed E-state index contributed by atoms with van der Waals surface area (Å²) in [5.41, 5.74) is 2.12. The van der Waals surface area contributed by atoms with Crippen molar-refractivity contribution in [3.63, 3.8) is 0 Å². The van der Waals surface area contributed by atoms with Gasteiger partial charge in [-0.2, -0.15) is 0 Å². The molecule has 2 aromatic rings. The van der Waals surface area contributed by atoms with Gasteiger partial charge in [-0.05, 0) is 52.7 Å². The molecule has 0 radical (unpaired) electrons. The number of rotatable bonds is 2. The van der Waals surface area contributed by atoms with Gasteiger partial charge in [0.2, 0.25) is 0 Å². The summed E-state index contributed by atoms with van der Waals surface area (Å²) in [6.45, 7) is 1.91. The molecule has 2 N–H and O–H groups in total. The fraction of sp³-hybridized carbons (Fsp3) is 0.0833. The molecule has 0 atom stereocenters. The minimum atomic E-state index is -0.199. The van der Waals surface area contributed by atoms with Crippen LogP contribution in [-0.2, 0) is 0 Å². The molecule has 1 aromatic carbocycles. The first-order chi connectivity index (χ1) is 8.08. The van der Waals surface area contributed by atoms with Crippen molar-refractivity contribution in [3.8, 4) is 0 Å². The maximum absolute atomic E-state index is 11.8. The summed E-state index contributed by atoms with van der Waals surface area (Å²) in [7, 11) is 0. The SMILES string of the molecule is Cc1cc(Br)c(NC(=O)c2ccc[nH]2)cc1Cl. The van der Waals surface area contributed by atoms with Crippen molar-refractivity contribution in [2.24, 2.45) is 0 Å². The molecule has 1 amide bonds. The summed E-state index contributed by atoms with van der Waals surface area (Å²) >= 11 is 9.40. The van der Waals surface area contributed by atoms with Gasteiger partial charge in [-0.3, -0.25) is 4.79 Å². The van der Waals surface area contributed by atoms with E-state index in [4.69, 9.17) is 11.6 Å². The van der Waals surface area contributed by atoms with Crippen LogP contribution < -0.4 is 5.32 Å². The van der Waals surface area contributed by atoms with Crippen molar-refractivity contribution in [3.05, 3.63) is 51.2 Å². The maximum Gasteiger partial charge on any atom is 0.272 e. The molecule has 0 unspecified atom stereocenters. The third kappa shape index (κ3) is 2.70. The van der Waals surface area contributed by atoms with Gasteiger partial charge in [0.05, 0.1) is 5.69 Å². The molecule has 1 aromatic heterocycles. The van der Waals surface area contributed by atoms with E-state index < -0.39 is 0 Å². The summed E-state index contributed by atoms with van der Waals surface area (Å²) in [6, 6.07) is 7.07. The molecule has 0 saturated carbocycles. The van der Waals surface area contributed by atoms with Crippen LogP contribution in [-0.4, -0.2) is 10.9 Å². The molecule has 3 nitrogen and oxygen atoms in total. The molecular formula is C12H10BrClN2O. The fourth-order valence-corrected chi connectivity index (χ4v) is 2.12. The average Bonchev–Trinajstić information content (AvgIpc) is 2.79. The normalized spacial score (nSPS) is 10.3. The number of hydrogen-bond donors (Lipinski definition) is 2. The molecule has 17 heavy (non-hydrogen) atoms. The van der Waals surface area contributed by atoms with E-state index in [0.717, 1.165) is 10.0 Å². The monoisotopic (exact) mass is 312 g/mol. The number of carbonyl (C=O) groups excluding carboxylic acids is 1. The molecule has 0 aliphatic heterocycles. The van der Waals surface area contributed by atoms with Crippen molar-refractivity contribution in [2.75, 3.05) is 5.32 Å². The molecule has 88 valence electrons. The fourth-order valence-electron chi connectivity index (χ4n) is 1.40. The molecule has 0 fully saturated rings. The van der Waals surface area contributed by atoms with Crippen LogP contribution in [0.4, 0.5) is 5.69 Å². The maximum atomic E-state index is 11.8. The Labute approximate surface area is 112 Å². The number of anilines is 1. The van der Waals surface area contributed by atoms with Gasteiger partial charge in [0, 0.05) is 15.7 Å². The van der Waals surface area contributed by atoms with Gasteiger partial charge in [-0.1, -0.05) is 11.6 Å². The average molecular weight is 314 g/mol. The predicted octanol–water partition coefficient (Wildman–Crippen LogP) is 3.99. The Bertz CT molecular complexity index is 552. The molecule has 1 heterocycles. The van der Waals surface area contributed by atoms with E-state index in [-0.39, 0.29) is 5.91 Å².